The van der Waals surface area contributed by atoms with Crippen LogP contribution in [0.2, 0.25) is 10.3 Å². The molecule has 0 saturated heterocycles. The van der Waals surface area contributed by atoms with Gasteiger partial charge in [0.25, 0.3) is 0 Å². The fourth-order valence-corrected chi connectivity index (χ4v) is 1.28. The van der Waals surface area contributed by atoms with Gasteiger partial charge in [-0.2, -0.15) is 0 Å². The topological polar surface area (TPSA) is 46.0 Å². The van der Waals surface area contributed by atoms with E-state index in [1.165, 1.54) is 0 Å². The van der Waals surface area contributed by atoms with Crippen molar-refractivity contribution in [1.29, 1.82) is 0 Å². The van der Waals surface area contributed by atoms with E-state index < -0.39 is 0 Å². The normalized spacial score (nSPS) is 12.9. The molecule has 1 heterocycles. The maximum absolute atomic E-state index is 9.06. The first-order chi connectivity index (χ1) is 6.09. The maximum Gasteiger partial charge on any atom is 0.155 e. The number of aromatic nitrogens is 2. The summed E-state index contributed by atoms with van der Waals surface area (Å²) < 4.78 is 0. The Morgan fingerprint density at radius 2 is 2.15 bits per heavy atom. The molecule has 0 saturated carbocycles. The van der Waals surface area contributed by atoms with Gasteiger partial charge in [0.2, 0.25) is 0 Å². The minimum atomic E-state index is -0.344. The summed E-state index contributed by atoms with van der Waals surface area (Å²) in [6, 6.07) is 1.67. The van der Waals surface area contributed by atoms with Crippen LogP contribution in [0.15, 0.2) is 6.07 Å². The van der Waals surface area contributed by atoms with Crippen molar-refractivity contribution in [2.45, 2.75) is 25.9 Å². The molecule has 0 amide bonds. The lowest BCUT2D eigenvalue weighted by Gasteiger charge is -2.04. The summed E-state index contributed by atoms with van der Waals surface area (Å²) >= 11 is 11.4. The van der Waals surface area contributed by atoms with Crippen molar-refractivity contribution in [3.05, 3.63) is 21.9 Å². The van der Waals surface area contributed by atoms with E-state index in [0.29, 0.717) is 23.1 Å². The number of aliphatic hydroxyl groups is 1. The molecule has 0 fully saturated rings. The van der Waals surface area contributed by atoms with Crippen LogP contribution in [0, 0.1) is 0 Å². The van der Waals surface area contributed by atoms with Gasteiger partial charge in [-0.3, -0.25) is 0 Å². The highest BCUT2D eigenvalue weighted by atomic mass is 35.5. The standard InChI is InChI=1S/C8H10Cl2N2O/c1-5(13)2-3-6-4-7(9)11-12-8(6)10/h4-5,13H,2-3H2,1H3/t5-/m0/s1. The number of hydrogen-bond acceptors (Lipinski definition) is 3. The van der Waals surface area contributed by atoms with Crippen LogP contribution in [-0.2, 0) is 6.42 Å². The third kappa shape index (κ3) is 3.46. The van der Waals surface area contributed by atoms with Gasteiger partial charge >= 0.3 is 0 Å². The van der Waals surface area contributed by atoms with E-state index >= 15 is 0 Å². The van der Waals surface area contributed by atoms with Crippen LogP contribution >= 0.6 is 23.2 Å². The summed E-state index contributed by atoms with van der Waals surface area (Å²) in [5.41, 5.74) is 0.822. The minimum absolute atomic E-state index is 0.324. The molecule has 1 atom stereocenters. The van der Waals surface area contributed by atoms with E-state index in [9.17, 15) is 0 Å². The van der Waals surface area contributed by atoms with Crippen LogP contribution in [0.5, 0.6) is 0 Å². The highest BCUT2D eigenvalue weighted by molar-refractivity contribution is 6.31. The lowest BCUT2D eigenvalue weighted by Crippen LogP contribution is -2.02. The third-order valence-electron chi connectivity index (χ3n) is 1.62. The molecule has 3 nitrogen and oxygen atoms in total. The molecule has 72 valence electrons. The molecule has 0 aliphatic rings. The Hall–Kier alpha value is -0.380. The van der Waals surface area contributed by atoms with Gasteiger partial charge < -0.3 is 5.11 Å². The number of halogens is 2. The fraction of sp³-hybridized carbons (Fsp3) is 0.500. The molecule has 0 bridgehead atoms. The van der Waals surface area contributed by atoms with Gasteiger partial charge in [0.1, 0.15) is 0 Å². The van der Waals surface area contributed by atoms with Crippen molar-refractivity contribution >= 4 is 23.2 Å². The van der Waals surface area contributed by atoms with Crippen LogP contribution < -0.4 is 0 Å². The van der Waals surface area contributed by atoms with Crippen LogP contribution in [0.1, 0.15) is 18.9 Å². The molecule has 0 aliphatic heterocycles. The highest BCUT2D eigenvalue weighted by Crippen LogP contribution is 2.17. The van der Waals surface area contributed by atoms with Crippen LogP contribution in [-0.4, -0.2) is 21.4 Å². The third-order valence-corrected chi connectivity index (χ3v) is 2.13. The van der Waals surface area contributed by atoms with E-state index in [2.05, 4.69) is 10.2 Å². The summed E-state index contributed by atoms with van der Waals surface area (Å²) in [4.78, 5) is 0. The Morgan fingerprint density at radius 1 is 1.46 bits per heavy atom. The highest BCUT2D eigenvalue weighted by Gasteiger charge is 2.05. The predicted molar refractivity (Wildman–Crippen MR) is 52.1 cm³/mol. The molecule has 0 aliphatic carbocycles. The molecular weight excluding hydrogens is 211 g/mol. The second-order valence-electron chi connectivity index (χ2n) is 2.87. The zero-order chi connectivity index (χ0) is 9.84. The van der Waals surface area contributed by atoms with Crippen LogP contribution in [0.25, 0.3) is 0 Å². The van der Waals surface area contributed by atoms with Crippen molar-refractivity contribution in [3.8, 4) is 0 Å². The average molecular weight is 221 g/mol. The van der Waals surface area contributed by atoms with Gasteiger partial charge in [-0.25, -0.2) is 0 Å². The Bertz CT molecular complexity index is 291. The van der Waals surface area contributed by atoms with E-state index in [1.54, 1.807) is 13.0 Å². The quantitative estimate of drug-likeness (QED) is 0.849. The van der Waals surface area contributed by atoms with Gasteiger partial charge in [-0.15, -0.1) is 10.2 Å². The smallest absolute Gasteiger partial charge is 0.155 e. The molecule has 1 rings (SSSR count). The van der Waals surface area contributed by atoms with E-state index in [-0.39, 0.29) is 6.10 Å². The molecule has 0 unspecified atom stereocenters. The first kappa shape index (κ1) is 10.7. The Kier molecular flexibility index (Phi) is 3.90. The molecule has 5 heteroatoms. The van der Waals surface area contributed by atoms with Gasteiger partial charge in [0, 0.05) is 0 Å². The number of nitrogens with zero attached hydrogens (tertiary/aromatic N) is 2. The second kappa shape index (κ2) is 4.74. The number of hydrogen-bond donors (Lipinski definition) is 1. The molecule has 0 aromatic carbocycles. The molecular formula is C8H10Cl2N2O. The van der Waals surface area contributed by atoms with Crippen molar-refractivity contribution in [3.63, 3.8) is 0 Å². The SMILES string of the molecule is C[C@H](O)CCc1cc(Cl)nnc1Cl. The lowest BCUT2D eigenvalue weighted by atomic mass is 10.1. The van der Waals surface area contributed by atoms with Gasteiger partial charge in [-0.1, -0.05) is 23.2 Å². The molecule has 1 aromatic heterocycles. The predicted octanol–water partition coefficient (Wildman–Crippen LogP) is 2.10. The Balaban J connectivity index is 2.70. The van der Waals surface area contributed by atoms with Crippen molar-refractivity contribution in [2.75, 3.05) is 0 Å². The van der Waals surface area contributed by atoms with E-state index in [0.717, 1.165) is 5.56 Å². The van der Waals surface area contributed by atoms with Gasteiger partial charge in [-0.05, 0) is 31.4 Å². The summed E-state index contributed by atoms with van der Waals surface area (Å²) in [6.07, 6.45) is 0.955. The van der Waals surface area contributed by atoms with Crippen LogP contribution in [0.3, 0.4) is 0 Å². The van der Waals surface area contributed by atoms with Gasteiger partial charge in [0.05, 0.1) is 6.10 Å². The lowest BCUT2D eigenvalue weighted by molar-refractivity contribution is 0.185. The monoisotopic (exact) mass is 220 g/mol. The molecule has 13 heavy (non-hydrogen) atoms. The largest absolute Gasteiger partial charge is 0.393 e. The summed E-state index contributed by atoms with van der Waals surface area (Å²) in [6.45, 7) is 1.73. The van der Waals surface area contributed by atoms with Crippen molar-refractivity contribution in [1.82, 2.24) is 10.2 Å². The molecule has 1 N–H and O–H groups in total. The van der Waals surface area contributed by atoms with Crippen LogP contribution in [0.4, 0.5) is 0 Å². The molecule has 0 spiro atoms. The maximum atomic E-state index is 9.06. The number of aryl methyl sites for hydroxylation is 1. The molecule has 1 aromatic rings. The number of rotatable bonds is 3. The first-order valence-electron chi connectivity index (χ1n) is 3.95. The number of aliphatic hydroxyl groups excluding tert-OH is 1. The fourth-order valence-electron chi connectivity index (χ4n) is 0.928. The van der Waals surface area contributed by atoms with Crippen molar-refractivity contribution in [2.24, 2.45) is 0 Å². The Labute approximate surface area is 86.7 Å². The second-order valence-corrected chi connectivity index (χ2v) is 3.62. The van der Waals surface area contributed by atoms with E-state index in [1.807, 2.05) is 0 Å². The average Bonchev–Trinajstić information content (AvgIpc) is 2.06. The summed E-state index contributed by atoms with van der Waals surface area (Å²) in [5, 5.41) is 17.0. The summed E-state index contributed by atoms with van der Waals surface area (Å²) in [7, 11) is 0. The zero-order valence-electron chi connectivity index (χ0n) is 7.17. The van der Waals surface area contributed by atoms with Crippen molar-refractivity contribution < 1.29 is 5.11 Å². The van der Waals surface area contributed by atoms with Gasteiger partial charge in [0.15, 0.2) is 10.3 Å². The first-order valence-corrected chi connectivity index (χ1v) is 4.71. The zero-order valence-corrected chi connectivity index (χ0v) is 8.68. The molecule has 0 radical (unpaired) electrons. The van der Waals surface area contributed by atoms with E-state index in [4.69, 9.17) is 28.3 Å². The summed E-state index contributed by atoms with van der Waals surface area (Å²) in [5.74, 6) is 0. The Morgan fingerprint density at radius 3 is 2.77 bits per heavy atom. The minimum Gasteiger partial charge on any atom is -0.393 e.